The van der Waals surface area contributed by atoms with Gasteiger partial charge in [-0.05, 0) is 54.0 Å². The third-order valence-corrected chi connectivity index (χ3v) is 5.48. The van der Waals surface area contributed by atoms with E-state index < -0.39 is 18.0 Å². The first-order valence-electron chi connectivity index (χ1n) is 9.72. The summed E-state index contributed by atoms with van der Waals surface area (Å²) in [5, 5.41) is 1.11. The molecule has 0 aliphatic heterocycles. The Morgan fingerprint density at radius 3 is 1.87 bits per heavy atom. The fourth-order valence-electron chi connectivity index (χ4n) is 3.37. The molecule has 0 aliphatic rings. The number of rotatable bonds is 7. The van der Waals surface area contributed by atoms with Crippen molar-refractivity contribution in [2.45, 2.75) is 19.0 Å². The first-order valence-corrected chi connectivity index (χ1v) is 10.5. The van der Waals surface area contributed by atoms with Gasteiger partial charge in [0, 0.05) is 16.1 Å². The van der Waals surface area contributed by atoms with Gasteiger partial charge in [-0.2, -0.15) is 0 Å². The highest BCUT2D eigenvalue weighted by Gasteiger charge is 2.33. The SMILES string of the molecule is C[C@H](c1ccc(Cl)cc1)N(C(=O)/C=C/c1ccccc1)[C@H](C(N)=O)c1ccc(Cl)cc1. The van der Waals surface area contributed by atoms with Crippen molar-refractivity contribution in [1.29, 1.82) is 0 Å². The fraction of sp³-hybridized carbons (Fsp3) is 0.120. The van der Waals surface area contributed by atoms with Crippen molar-refractivity contribution in [3.8, 4) is 0 Å². The molecule has 0 saturated carbocycles. The molecule has 2 N–H and O–H groups in total. The molecule has 0 radical (unpaired) electrons. The lowest BCUT2D eigenvalue weighted by Gasteiger charge is -2.35. The van der Waals surface area contributed by atoms with Crippen LogP contribution in [0.1, 0.15) is 35.7 Å². The number of amides is 2. The lowest BCUT2D eigenvalue weighted by atomic mass is 9.99. The molecule has 4 nitrogen and oxygen atoms in total. The van der Waals surface area contributed by atoms with E-state index in [1.165, 1.54) is 11.0 Å². The maximum Gasteiger partial charge on any atom is 0.248 e. The van der Waals surface area contributed by atoms with Crippen LogP contribution in [0.15, 0.2) is 84.9 Å². The topological polar surface area (TPSA) is 63.4 Å². The lowest BCUT2D eigenvalue weighted by molar-refractivity contribution is -0.138. The number of nitrogens with zero attached hydrogens (tertiary/aromatic N) is 1. The first-order chi connectivity index (χ1) is 14.9. The van der Waals surface area contributed by atoms with Crippen LogP contribution in [0.4, 0.5) is 0 Å². The standard InChI is InChI=1S/C25H22Cl2N2O2/c1-17(19-8-12-21(26)13-9-19)29(23(30)16-7-18-5-3-2-4-6-18)24(25(28)31)20-10-14-22(27)15-11-20/h2-17,24H,1H3,(H2,28,31)/b16-7+/t17-,24+/m1/s1. The molecule has 3 rings (SSSR count). The van der Waals surface area contributed by atoms with E-state index >= 15 is 0 Å². The Kier molecular flexibility index (Phi) is 7.50. The van der Waals surface area contributed by atoms with Crippen LogP contribution < -0.4 is 5.73 Å². The van der Waals surface area contributed by atoms with Gasteiger partial charge in [-0.15, -0.1) is 0 Å². The smallest absolute Gasteiger partial charge is 0.248 e. The summed E-state index contributed by atoms with van der Waals surface area (Å²) < 4.78 is 0. The minimum Gasteiger partial charge on any atom is -0.368 e. The molecule has 6 heteroatoms. The molecule has 0 aliphatic carbocycles. The van der Waals surface area contributed by atoms with Gasteiger partial charge in [0.05, 0.1) is 6.04 Å². The van der Waals surface area contributed by atoms with Crippen molar-refractivity contribution in [3.05, 3.63) is 112 Å². The van der Waals surface area contributed by atoms with Crippen molar-refractivity contribution >= 4 is 41.1 Å². The van der Waals surface area contributed by atoms with Crippen molar-refractivity contribution in [1.82, 2.24) is 4.90 Å². The summed E-state index contributed by atoms with van der Waals surface area (Å²) in [4.78, 5) is 27.4. The molecule has 31 heavy (non-hydrogen) atoms. The summed E-state index contributed by atoms with van der Waals surface area (Å²) in [5.41, 5.74) is 8.06. The average Bonchev–Trinajstić information content (AvgIpc) is 2.77. The lowest BCUT2D eigenvalue weighted by Crippen LogP contribution is -2.42. The van der Waals surface area contributed by atoms with E-state index in [0.717, 1.165) is 11.1 Å². The van der Waals surface area contributed by atoms with Crippen LogP contribution in [-0.2, 0) is 9.59 Å². The van der Waals surface area contributed by atoms with E-state index in [1.807, 2.05) is 49.4 Å². The van der Waals surface area contributed by atoms with Crippen molar-refractivity contribution in [3.63, 3.8) is 0 Å². The number of carbonyl (C=O) groups is 2. The molecule has 0 heterocycles. The molecule has 2 atom stereocenters. The zero-order valence-corrected chi connectivity index (χ0v) is 18.4. The summed E-state index contributed by atoms with van der Waals surface area (Å²) in [6, 6.07) is 21.9. The van der Waals surface area contributed by atoms with Crippen molar-refractivity contribution in [2.75, 3.05) is 0 Å². The van der Waals surface area contributed by atoms with Gasteiger partial charge < -0.3 is 10.6 Å². The molecule has 0 spiro atoms. The van der Waals surface area contributed by atoms with Crippen LogP contribution in [0, 0.1) is 0 Å². The molecule has 0 fully saturated rings. The van der Waals surface area contributed by atoms with Crippen LogP contribution in [0.3, 0.4) is 0 Å². The maximum atomic E-state index is 13.4. The Morgan fingerprint density at radius 2 is 1.35 bits per heavy atom. The van der Waals surface area contributed by atoms with Crippen molar-refractivity contribution < 1.29 is 9.59 Å². The number of nitrogens with two attached hydrogens (primary N) is 1. The Balaban J connectivity index is 2.04. The van der Waals surface area contributed by atoms with E-state index in [1.54, 1.807) is 42.5 Å². The minimum absolute atomic E-state index is 0.343. The molecule has 0 unspecified atom stereocenters. The summed E-state index contributed by atoms with van der Waals surface area (Å²) in [7, 11) is 0. The van der Waals surface area contributed by atoms with Gasteiger partial charge in [-0.1, -0.05) is 77.8 Å². The van der Waals surface area contributed by atoms with Crippen molar-refractivity contribution in [2.24, 2.45) is 5.73 Å². The number of hydrogen-bond donors (Lipinski definition) is 1. The summed E-state index contributed by atoms with van der Waals surface area (Å²) >= 11 is 12.0. The highest BCUT2D eigenvalue weighted by Crippen LogP contribution is 2.32. The Morgan fingerprint density at radius 1 is 0.839 bits per heavy atom. The Hall–Kier alpha value is -3.08. The van der Waals surface area contributed by atoms with E-state index in [0.29, 0.717) is 15.6 Å². The van der Waals surface area contributed by atoms with E-state index in [-0.39, 0.29) is 5.91 Å². The number of benzene rings is 3. The second-order valence-electron chi connectivity index (χ2n) is 7.07. The highest BCUT2D eigenvalue weighted by atomic mass is 35.5. The third kappa shape index (κ3) is 5.75. The van der Waals surface area contributed by atoms with Gasteiger partial charge in [0.2, 0.25) is 11.8 Å². The van der Waals surface area contributed by atoms with Gasteiger partial charge in [-0.3, -0.25) is 9.59 Å². The van der Waals surface area contributed by atoms with Crippen LogP contribution in [0.2, 0.25) is 10.0 Å². The van der Waals surface area contributed by atoms with Crippen LogP contribution >= 0.6 is 23.2 Å². The van der Waals surface area contributed by atoms with Gasteiger partial charge in [0.15, 0.2) is 0 Å². The van der Waals surface area contributed by atoms with Crippen LogP contribution in [0.5, 0.6) is 0 Å². The van der Waals surface area contributed by atoms with E-state index in [2.05, 4.69) is 0 Å². The van der Waals surface area contributed by atoms with Gasteiger partial charge in [0.1, 0.15) is 6.04 Å². The molecule has 3 aromatic rings. The molecule has 0 aromatic heterocycles. The van der Waals surface area contributed by atoms with Gasteiger partial charge in [0.25, 0.3) is 0 Å². The second-order valence-corrected chi connectivity index (χ2v) is 7.95. The number of halogens is 2. The normalized spacial score (nSPS) is 13.0. The van der Waals surface area contributed by atoms with E-state index in [4.69, 9.17) is 28.9 Å². The average molecular weight is 453 g/mol. The zero-order valence-electron chi connectivity index (χ0n) is 16.9. The predicted octanol–water partition coefficient (Wildman–Crippen LogP) is 5.82. The van der Waals surface area contributed by atoms with Gasteiger partial charge >= 0.3 is 0 Å². The Bertz CT molecular complexity index is 1060. The summed E-state index contributed by atoms with van der Waals surface area (Å²) in [6.45, 7) is 1.85. The first kappa shape index (κ1) is 22.6. The minimum atomic E-state index is -0.976. The number of hydrogen-bond acceptors (Lipinski definition) is 2. The Labute approximate surface area is 191 Å². The monoisotopic (exact) mass is 452 g/mol. The predicted molar refractivity (Wildman–Crippen MR) is 126 cm³/mol. The van der Waals surface area contributed by atoms with E-state index in [9.17, 15) is 9.59 Å². The van der Waals surface area contributed by atoms with Crippen LogP contribution in [-0.4, -0.2) is 16.7 Å². The fourth-order valence-corrected chi connectivity index (χ4v) is 3.62. The molecular weight excluding hydrogens is 431 g/mol. The molecule has 2 amide bonds. The summed E-state index contributed by atoms with van der Waals surface area (Å²) in [6.07, 6.45) is 3.16. The molecule has 0 bridgehead atoms. The number of carbonyl (C=O) groups excluding carboxylic acids is 2. The van der Waals surface area contributed by atoms with Gasteiger partial charge in [-0.25, -0.2) is 0 Å². The quantitative estimate of drug-likeness (QED) is 0.458. The third-order valence-electron chi connectivity index (χ3n) is 4.98. The maximum absolute atomic E-state index is 13.4. The van der Waals surface area contributed by atoms with Crippen LogP contribution in [0.25, 0.3) is 6.08 Å². The largest absolute Gasteiger partial charge is 0.368 e. The molecule has 0 saturated heterocycles. The summed E-state index contributed by atoms with van der Waals surface area (Å²) in [5.74, 6) is -0.977. The zero-order chi connectivity index (χ0) is 22.4. The second kappa shape index (κ2) is 10.3. The highest BCUT2D eigenvalue weighted by molar-refractivity contribution is 6.30. The molecule has 3 aromatic carbocycles. The molecule has 158 valence electrons. The molecular formula is C25H22Cl2N2O2. The number of primary amides is 1.